The Bertz CT molecular complexity index is 525. The summed E-state index contributed by atoms with van der Waals surface area (Å²) in [6.45, 7) is 3.33. The molecule has 19 heavy (non-hydrogen) atoms. The molecule has 0 fully saturated rings. The Morgan fingerprint density at radius 1 is 1.58 bits per heavy atom. The first-order valence-corrected chi connectivity index (χ1v) is 7.26. The predicted octanol–water partition coefficient (Wildman–Crippen LogP) is -0.802. The molecule has 0 saturated heterocycles. The highest BCUT2D eigenvalue weighted by atomic mass is 32.2. The normalized spacial score (nSPS) is 11.9. The van der Waals surface area contributed by atoms with Crippen LogP contribution in [0.3, 0.4) is 0 Å². The van der Waals surface area contributed by atoms with E-state index in [1.807, 2.05) is 18.9 Å². The van der Waals surface area contributed by atoms with Crippen molar-refractivity contribution in [1.29, 1.82) is 0 Å². The van der Waals surface area contributed by atoms with E-state index in [1.165, 1.54) is 6.20 Å². The van der Waals surface area contributed by atoms with Gasteiger partial charge in [0.15, 0.2) is 0 Å². The van der Waals surface area contributed by atoms with E-state index in [0.717, 1.165) is 17.4 Å². The lowest BCUT2D eigenvalue weighted by Gasteiger charge is -2.13. The van der Waals surface area contributed by atoms with E-state index in [4.69, 9.17) is 5.11 Å². The number of likely N-dealkylation sites (N-methyl/N-ethyl adjacent to an activating group) is 1. The number of aromatic nitrogens is 2. The quantitative estimate of drug-likeness (QED) is 0.649. The Balaban J connectivity index is 2.62. The highest BCUT2D eigenvalue weighted by Gasteiger charge is 2.16. The van der Waals surface area contributed by atoms with Crippen LogP contribution in [-0.4, -0.2) is 60.9 Å². The maximum absolute atomic E-state index is 11.9. The van der Waals surface area contributed by atoms with Crippen LogP contribution in [0.2, 0.25) is 0 Å². The summed E-state index contributed by atoms with van der Waals surface area (Å²) < 4.78 is 27.2. The van der Waals surface area contributed by atoms with Crippen molar-refractivity contribution in [1.82, 2.24) is 19.4 Å². The summed E-state index contributed by atoms with van der Waals surface area (Å²) >= 11 is 0. The van der Waals surface area contributed by atoms with Gasteiger partial charge in [0.2, 0.25) is 10.0 Å². The van der Waals surface area contributed by atoms with E-state index < -0.39 is 16.0 Å². The molecule has 1 rings (SSSR count). The molecule has 0 aliphatic heterocycles. The van der Waals surface area contributed by atoms with Gasteiger partial charge in [-0.25, -0.2) is 13.1 Å². The van der Waals surface area contributed by atoms with Gasteiger partial charge in [-0.1, -0.05) is 6.92 Å². The number of sulfonamides is 1. The number of rotatable bonds is 8. The van der Waals surface area contributed by atoms with Gasteiger partial charge in [0.25, 0.3) is 0 Å². The molecule has 1 aromatic rings. The summed E-state index contributed by atoms with van der Waals surface area (Å²) in [5.74, 6) is -1.08. The monoisotopic (exact) mass is 290 g/mol. The van der Waals surface area contributed by atoms with Crippen molar-refractivity contribution in [2.24, 2.45) is 0 Å². The standard InChI is InChI=1S/C10H18N4O4S/c1-3-13(2)5-4-12-19(17,18)9-6-11-14(7-9)8-10(15)16/h6-7,12H,3-5,8H2,1-2H3,(H,15,16). The number of hydrogen-bond acceptors (Lipinski definition) is 5. The fraction of sp³-hybridized carbons (Fsp3) is 0.600. The average Bonchev–Trinajstić information content (AvgIpc) is 2.76. The Labute approximate surface area is 112 Å². The molecule has 0 spiro atoms. The van der Waals surface area contributed by atoms with Crippen LogP contribution in [0.5, 0.6) is 0 Å². The van der Waals surface area contributed by atoms with Crippen molar-refractivity contribution < 1.29 is 18.3 Å². The molecule has 1 heterocycles. The molecule has 0 unspecified atom stereocenters. The summed E-state index contributed by atoms with van der Waals surface area (Å²) in [5, 5.41) is 12.3. The van der Waals surface area contributed by atoms with Gasteiger partial charge in [-0.3, -0.25) is 9.48 Å². The second-order valence-electron chi connectivity index (χ2n) is 4.06. The third-order valence-corrected chi connectivity index (χ3v) is 3.96. The van der Waals surface area contributed by atoms with Crippen LogP contribution in [0.1, 0.15) is 6.92 Å². The zero-order valence-electron chi connectivity index (χ0n) is 10.9. The third-order valence-electron chi connectivity index (χ3n) is 2.54. The Kier molecular flexibility index (Phi) is 5.45. The van der Waals surface area contributed by atoms with Crippen LogP contribution in [-0.2, 0) is 21.4 Å². The molecule has 0 atom stereocenters. The maximum Gasteiger partial charge on any atom is 0.325 e. The maximum atomic E-state index is 11.9. The number of nitrogens with one attached hydrogen (secondary N) is 1. The van der Waals surface area contributed by atoms with Crippen LogP contribution in [0.4, 0.5) is 0 Å². The largest absolute Gasteiger partial charge is 0.480 e. The summed E-state index contributed by atoms with van der Waals surface area (Å²) in [4.78, 5) is 12.4. The van der Waals surface area contributed by atoms with Gasteiger partial charge in [0.1, 0.15) is 11.4 Å². The lowest BCUT2D eigenvalue weighted by Crippen LogP contribution is -2.32. The summed E-state index contributed by atoms with van der Waals surface area (Å²) in [6, 6.07) is 0. The number of carbonyl (C=O) groups is 1. The highest BCUT2D eigenvalue weighted by Crippen LogP contribution is 2.06. The van der Waals surface area contributed by atoms with Gasteiger partial charge in [0, 0.05) is 19.3 Å². The van der Waals surface area contributed by atoms with Crippen LogP contribution < -0.4 is 4.72 Å². The number of nitrogens with zero attached hydrogens (tertiary/aromatic N) is 3. The van der Waals surface area contributed by atoms with Crippen LogP contribution >= 0.6 is 0 Å². The van der Waals surface area contributed by atoms with Crippen molar-refractivity contribution in [3.05, 3.63) is 12.4 Å². The van der Waals surface area contributed by atoms with Gasteiger partial charge < -0.3 is 10.0 Å². The molecule has 0 radical (unpaired) electrons. The number of carboxylic acid groups (broad SMARTS) is 1. The Morgan fingerprint density at radius 2 is 2.26 bits per heavy atom. The van der Waals surface area contributed by atoms with Crippen molar-refractivity contribution in [2.75, 3.05) is 26.7 Å². The number of aliphatic carboxylic acids is 1. The lowest BCUT2D eigenvalue weighted by atomic mass is 10.5. The van der Waals surface area contributed by atoms with E-state index in [0.29, 0.717) is 6.54 Å². The van der Waals surface area contributed by atoms with Crippen molar-refractivity contribution in [3.8, 4) is 0 Å². The van der Waals surface area contributed by atoms with Gasteiger partial charge in [-0.2, -0.15) is 5.10 Å². The fourth-order valence-corrected chi connectivity index (χ4v) is 2.29. The molecule has 0 aliphatic carbocycles. The second kappa shape index (κ2) is 6.64. The smallest absolute Gasteiger partial charge is 0.325 e. The van der Waals surface area contributed by atoms with E-state index >= 15 is 0 Å². The Hall–Kier alpha value is -1.45. The molecule has 0 aromatic carbocycles. The zero-order chi connectivity index (χ0) is 14.5. The van der Waals surface area contributed by atoms with Crippen molar-refractivity contribution in [3.63, 3.8) is 0 Å². The topological polar surface area (TPSA) is 105 Å². The second-order valence-corrected chi connectivity index (χ2v) is 5.83. The van der Waals surface area contributed by atoms with Gasteiger partial charge in [-0.15, -0.1) is 0 Å². The molecule has 0 aliphatic rings. The third kappa shape index (κ3) is 4.97. The zero-order valence-corrected chi connectivity index (χ0v) is 11.7. The van der Waals surface area contributed by atoms with Gasteiger partial charge >= 0.3 is 5.97 Å². The van der Waals surface area contributed by atoms with E-state index in [9.17, 15) is 13.2 Å². The first kappa shape index (κ1) is 15.6. The molecule has 0 saturated carbocycles. The summed E-state index contributed by atoms with van der Waals surface area (Å²) in [6.07, 6.45) is 2.33. The van der Waals surface area contributed by atoms with Crippen LogP contribution in [0.15, 0.2) is 17.3 Å². The molecular formula is C10H18N4O4S. The molecule has 0 amide bonds. The van der Waals surface area contributed by atoms with Crippen LogP contribution in [0, 0.1) is 0 Å². The first-order valence-electron chi connectivity index (χ1n) is 5.77. The fourth-order valence-electron chi connectivity index (χ4n) is 1.32. The minimum atomic E-state index is -3.63. The molecule has 8 nitrogen and oxygen atoms in total. The average molecular weight is 290 g/mol. The first-order chi connectivity index (χ1) is 8.85. The van der Waals surface area contributed by atoms with Gasteiger partial charge in [0.05, 0.1) is 6.20 Å². The van der Waals surface area contributed by atoms with Crippen molar-refractivity contribution >= 4 is 16.0 Å². The number of hydrogen-bond donors (Lipinski definition) is 2. The molecule has 2 N–H and O–H groups in total. The van der Waals surface area contributed by atoms with E-state index in [1.54, 1.807) is 0 Å². The summed E-state index contributed by atoms with van der Waals surface area (Å²) in [7, 11) is -1.74. The molecule has 1 aromatic heterocycles. The molecule has 0 bridgehead atoms. The Morgan fingerprint density at radius 3 is 2.84 bits per heavy atom. The highest BCUT2D eigenvalue weighted by molar-refractivity contribution is 7.89. The minimum Gasteiger partial charge on any atom is -0.480 e. The molecule has 9 heteroatoms. The predicted molar refractivity (Wildman–Crippen MR) is 68.2 cm³/mol. The lowest BCUT2D eigenvalue weighted by molar-refractivity contribution is -0.137. The van der Waals surface area contributed by atoms with E-state index in [-0.39, 0.29) is 18.0 Å². The van der Waals surface area contributed by atoms with E-state index in [2.05, 4.69) is 9.82 Å². The summed E-state index contributed by atoms with van der Waals surface area (Å²) in [5.41, 5.74) is 0. The molecule has 108 valence electrons. The van der Waals surface area contributed by atoms with Crippen LogP contribution in [0.25, 0.3) is 0 Å². The van der Waals surface area contributed by atoms with Gasteiger partial charge in [-0.05, 0) is 13.6 Å². The SMILES string of the molecule is CCN(C)CCNS(=O)(=O)c1cnn(CC(=O)O)c1. The van der Waals surface area contributed by atoms with Crippen molar-refractivity contribution in [2.45, 2.75) is 18.4 Å². The molecular weight excluding hydrogens is 272 g/mol. The minimum absolute atomic E-state index is 0.0344. The number of carboxylic acids is 1.